The van der Waals surface area contributed by atoms with E-state index in [2.05, 4.69) is 32.8 Å². The highest BCUT2D eigenvalue weighted by molar-refractivity contribution is 5.80. The summed E-state index contributed by atoms with van der Waals surface area (Å²) in [6.45, 7) is 6.97. The fourth-order valence-electron chi connectivity index (χ4n) is 1.32. The molecule has 6 heteroatoms. The van der Waals surface area contributed by atoms with E-state index in [9.17, 15) is 4.79 Å². The van der Waals surface area contributed by atoms with Gasteiger partial charge in [-0.2, -0.15) is 4.98 Å². The molecule has 0 saturated carbocycles. The molecule has 1 rings (SSSR count). The second-order valence-corrected chi connectivity index (χ2v) is 4.27. The van der Waals surface area contributed by atoms with E-state index in [4.69, 9.17) is 0 Å². The topological polar surface area (TPSA) is 78.9 Å². The average molecular weight is 251 g/mol. The van der Waals surface area contributed by atoms with Gasteiger partial charge in [-0.1, -0.05) is 6.92 Å². The number of carbonyl (C=O) groups is 1. The van der Waals surface area contributed by atoms with Crippen LogP contribution in [0.2, 0.25) is 0 Å². The third kappa shape index (κ3) is 5.47. The summed E-state index contributed by atoms with van der Waals surface area (Å²) in [6, 6.07) is 1.88. The Labute approximate surface area is 108 Å². The number of amides is 1. The van der Waals surface area contributed by atoms with Crippen molar-refractivity contribution in [3.05, 3.63) is 12.3 Å². The number of hydrogen-bond acceptors (Lipinski definition) is 5. The van der Waals surface area contributed by atoms with Crippen molar-refractivity contribution in [2.45, 2.75) is 33.2 Å². The van der Waals surface area contributed by atoms with Crippen LogP contribution < -0.4 is 16.0 Å². The Kier molecular flexibility index (Phi) is 5.90. The monoisotopic (exact) mass is 251 g/mol. The third-order valence-electron chi connectivity index (χ3n) is 2.07. The molecule has 0 aliphatic heterocycles. The highest BCUT2D eigenvalue weighted by Crippen LogP contribution is 2.04. The molecule has 3 N–H and O–H groups in total. The van der Waals surface area contributed by atoms with Crippen LogP contribution in [0.3, 0.4) is 0 Å². The van der Waals surface area contributed by atoms with Gasteiger partial charge in [0.1, 0.15) is 5.82 Å². The van der Waals surface area contributed by atoms with Gasteiger partial charge in [0.15, 0.2) is 0 Å². The summed E-state index contributed by atoms with van der Waals surface area (Å²) < 4.78 is 0. The second kappa shape index (κ2) is 7.47. The Hall–Kier alpha value is -1.85. The maximum absolute atomic E-state index is 11.5. The molecule has 100 valence electrons. The van der Waals surface area contributed by atoms with Crippen LogP contribution >= 0.6 is 0 Å². The molecule has 0 fully saturated rings. The van der Waals surface area contributed by atoms with E-state index in [1.165, 1.54) is 0 Å². The van der Waals surface area contributed by atoms with Crippen LogP contribution in [-0.4, -0.2) is 35.0 Å². The lowest BCUT2D eigenvalue weighted by atomic mass is 10.4. The molecule has 1 aromatic rings. The molecule has 0 aliphatic carbocycles. The summed E-state index contributed by atoms with van der Waals surface area (Å²) in [7, 11) is 0. The third-order valence-corrected chi connectivity index (χ3v) is 2.07. The van der Waals surface area contributed by atoms with Crippen LogP contribution in [0, 0.1) is 0 Å². The van der Waals surface area contributed by atoms with E-state index in [1.54, 1.807) is 12.3 Å². The molecular formula is C12H21N5O. The number of rotatable bonds is 7. The first kappa shape index (κ1) is 14.2. The number of aromatic nitrogens is 2. The van der Waals surface area contributed by atoms with Gasteiger partial charge < -0.3 is 16.0 Å². The van der Waals surface area contributed by atoms with Crippen LogP contribution in [-0.2, 0) is 4.79 Å². The lowest BCUT2D eigenvalue weighted by Crippen LogP contribution is -2.35. The van der Waals surface area contributed by atoms with Crippen LogP contribution in [0.15, 0.2) is 12.3 Å². The number of nitrogens with zero attached hydrogens (tertiary/aromatic N) is 2. The van der Waals surface area contributed by atoms with E-state index < -0.39 is 0 Å². The van der Waals surface area contributed by atoms with Crippen molar-refractivity contribution in [2.24, 2.45) is 0 Å². The smallest absolute Gasteiger partial charge is 0.239 e. The molecule has 0 aromatic carbocycles. The minimum absolute atomic E-state index is 0.0494. The van der Waals surface area contributed by atoms with E-state index in [-0.39, 0.29) is 18.5 Å². The maximum Gasteiger partial charge on any atom is 0.239 e. The normalized spacial score (nSPS) is 10.2. The van der Waals surface area contributed by atoms with Gasteiger partial charge in [0, 0.05) is 18.8 Å². The minimum atomic E-state index is -0.0494. The van der Waals surface area contributed by atoms with Gasteiger partial charge in [0.05, 0.1) is 6.54 Å². The quantitative estimate of drug-likeness (QED) is 0.679. The zero-order chi connectivity index (χ0) is 13.4. The average Bonchev–Trinajstić information content (AvgIpc) is 2.33. The van der Waals surface area contributed by atoms with Gasteiger partial charge in [-0.25, -0.2) is 4.98 Å². The van der Waals surface area contributed by atoms with Gasteiger partial charge in [-0.15, -0.1) is 0 Å². The number of anilines is 2. The van der Waals surface area contributed by atoms with Crippen molar-refractivity contribution in [2.75, 3.05) is 23.7 Å². The van der Waals surface area contributed by atoms with Crippen LogP contribution in [0.25, 0.3) is 0 Å². The Balaban J connectivity index is 2.44. The molecule has 18 heavy (non-hydrogen) atoms. The molecule has 0 radical (unpaired) electrons. The fourth-order valence-corrected chi connectivity index (χ4v) is 1.32. The molecule has 0 unspecified atom stereocenters. The lowest BCUT2D eigenvalue weighted by Gasteiger charge is -2.10. The summed E-state index contributed by atoms with van der Waals surface area (Å²) in [4.78, 5) is 19.8. The molecule has 0 saturated heterocycles. The van der Waals surface area contributed by atoms with Gasteiger partial charge in [0.25, 0.3) is 0 Å². The predicted molar refractivity (Wildman–Crippen MR) is 72.6 cm³/mol. The molecule has 6 nitrogen and oxygen atoms in total. The second-order valence-electron chi connectivity index (χ2n) is 4.27. The van der Waals surface area contributed by atoms with Gasteiger partial charge in [0.2, 0.25) is 11.9 Å². The van der Waals surface area contributed by atoms with Crippen LogP contribution in [0.4, 0.5) is 11.8 Å². The largest absolute Gasteiger partial charge is 0.361 e. The Morgan fingerprint density at radius 1 is 1.39 bits per heavy atom. The maximum atomic E-state index is 11.5. The summed E-state index contributed by atoms with van der Waals surface area (Å²) in [5, 5.41) is 8.86. The zero-order valence-electron chi connectivity index (χ0n) is 11.2. The molecule has 0 aliphatic rings. The van der Waals surface area contributed by atoms with Crippen LogP contribution in [0.5, 0.6) is 0 Å². The van der Waals surface area contributed by atoms with Crippen molar-refractivity contribution < 1.29 is 4.79 Å². The number of hydrogen-bond donors (Lipinski definition) is 3. The highest BCUT2D eigenvalue weighted by atomic mass is 16.1. The van der Waals surface area contributed by atoms with Crippen molar-refractivity contribution in [1.29, 1.82) is 0 Å². The lowest BCUT2D eigenvalue weighted by molar-refractivity contribution is -0.119. The minimum Gasteiger partial charge on any atom is -0.361 e. The SMILES string of the molecule is CCCNc1nccc(NCC(=O)NC(C)C)n1. The van der Waals surface area contributed by atoms with Crippen molar-refractivity contribution in [1.82, 2.24) is 15.3 Å². The number of carbonyl (C=O) groups excluding carboxylic acids is 1. The molecule has 0 spiro atoms. The van der Waals surface area contributed by atoms with Crippen molar-refractivity contribution in [3.63, 3.8) is 0 Å². The Morgan fingerprint density at radius 2 is 2.17 bits per heavy atom. The van der Waals surface area contributed by atoms with Gasteiger partial charge in [-0.05, 0) is 26.3 Å². The van der Waals surface area contributed by atoms with Gasteiger partial charge >= 0.3 is 0 Å². The Morgan fingerprint density at radius 3 is 2.83 bits per heavy atom. The molecule has 0 atom stereocenters. The van der Waals surface area contributed by atoms with E-state index in [0.29, 0.717) is 11.8 Å². The molecule has 1 aromatic heterocycles. The zero-order valence-corrected chi connectivity index (χ0v) is 11.2. The molecular weight excluding hydrogens is 230 g/mol. The van der Waals surface area contributed by atoms with Crippen molar-refractivity contribution in [3.8, 4) is 0 Å². The summed E-state index contributed by atoms with van der Waals surface area (Å²) in [6.07, 6.45) is 2.67. The summed E-state index contributed by atoms with van der Waals surface area (Å²) in [5.41, 5.74) is 0. The molecule has 1 heterocycles. The van der Waals surface area contributed by atoms with Gasteiger partial charge in [-0.3, -0.25) is 4.79 Å². The first-order valence-electron chi connectivity index (χ1n) is 6.22. The van der Waals surface area contributed by atoms with E-state index in [0.717, 1.165) is 13.0 Å². The standard InChI is InChI=1S/C12H21N5O/c1-4-6-13-12-14-7-5-10(17-12)15-8-11(18)16-9(2)3/h5,7,9H,4,6,8H2,1-3H3,(H,16,18)(H2,13,14,15,17). The first-order chi connectivity index (χ1) is 8.61. The van der Waals surface area contributed by atoms with E-state index in [1.807, 2.05) is 13.8 Å². The van der Waals surface area contributed by atoms with Crippen LogP contribution in [0.1, 0.15) is 27.2 Å². The van der Waals surface area contributed by atoms with Crippen molar-refractivity contribution >= 4 is 17.7 Å². The molecule has 0 bridgehead atoms. The Bertz CT molecular complexity index is 380. The molecule has 1 amide bonds. The summed E-state index contributed by atoms with van der Waals surface area (Å²) >= 11 is 0. The van der Waals surface area contributed by atoms with E-state index >= 15 is 0 Å². The fraction of sp³-hybridized carbons (Fsp3) is 0.583. The first-order valence-corrected chi connectivity index (χ1v) is 6.22. The summed E-state index contributed by atoms with van der Waals surface area (Å²) in [5.74, 6) is 1.17. The number of nitrogens with one attached hydrogen (secondary N) is 3. The highest BCUT2D eigenvalue weighted by Gasteiger charge is 2.04. The predicted octanol–water partition coefficient (Wildman–Crippen LogP) is 1.23.